The van der Waals surface area contributed by atoms with Crippen LogP contribution < -0.4 is 9.96 Å². The van der Waals surface area contributed by atoms with Gasteiger partial charge in [0, 0.05) is 17.7 Å². The number of H-pyrrole nitrogens is 1. The molecule has 2 heterocycles. The van der Waals surface area contributed by atoms with Crippen LogP contribution in [0.5, 0.6) is 0 Å². The maximum Gasteiger partial charge on any atom is 0.321 e. The third kappa shape index (κ3) is 6.37. The molecule has 1 N–H and O–H groups in total. The van der Waals surface area contributed by atoms with E-state index in [1.807, 2.05) is 59.3 Å². The summed E-state index contributed by atoms with van der Waals surface area (Å²) in [7, 11) is -10.7. The summed E-state index contributed by atoms with van der Waals surface area (Å²) in [5, 5.41) is 0. The molecule has 0 aliphatic carbocycles. The Kier molecular flexibility index (Phi) is 3.97. The Hall–Kier alpha value is -2.41. The largest absolute Gasteiger partial charge is 0.321 e. The molecule has 1 aromatic carbocycles. The summed E-state index contributed by atoms with van der Waals surface area (Å²) in [5.41, 5.74) is 2.39. The zero-order valence-electron chi connectivity index (χ0n) is 11.8. The summed E-state index contributed by atoms with van der Waals surface area (Å²) in [6.07, 6.45) is 3.79. The molecule has 0 aliphatic heterocycles. The Morgan fingerprint density at radius 3 is 1.96 bits per heavy atom. The first-order valence-electron chi connectivity index (χ1n) is 6.45. The van der Waals surface area contributed by atoms with Crippen LogP contribution in [-0.4, -0.2) is 4.98 Å². The van der Waals surface area contributed by atoms with Crippen molar-refractivity contribution in [2.75, 3.05) is 0 Å². The van der Waals surface area contributed by atoms with Gasteiger partial charge < -0.3 is 4.98 Å². The number of benzene rings is 1. The smallest absolute Gasteiger partial charge is 0.311 e. The minimum Gasteiger partial charge on any atom is -0.311 e. The zero-order valence-corrected chi connectivity index (χ0v) is 12.7. The topological polar surface area (TPSA) is 37.0 Å². The molecule has 10 heteroatoms. The summed E-state index contributed by atoms with van der Waals surface area (Å²) in [5.74, 6) is 0. The maximum atomic E-state index is 11.9. The van der Waals surface area contributed by atoms with Crippen molar-refractivity contribution in [1.82, 2.24) is 4.98 Å². The minimum atomic E-state index is -10.7. The molecule has 130 valence electrons. The van der Waals surface area contributed by atoms with Crippen LogP contribution in [0.4, 0.5) is 25.2 Å². The number of rotatable bonds is 1. The zero-order chi connectivity index (χ0) is 18.1. The van der Waals surface area contributed by atoms with Crippen molar-refractivity contribution in [3.8, 4) is 11.3 Å². The average molecular weight is 368 g/mol. The van der Waals surface area contributed by atoms with Crippen LogP contribution in [0.1, 0.15) is 0 Å². The number of fused-ring (bicyclic) bond motifs is 1. The van der Waals surface area contributed by atoms with Gasteiger partial charge >= 0.3 is 38.5 Å². The molecule has 0 unspecified atom stereocenters. The molecule has 0 bridgehead atoms. The number of halogens is 6. The van der Waals surface area contributed by atoms with Gasteiger partial charge in [0.25, 0.3) is 5.52 Å². The van der Waals surface area contributed by atoms with E-state index in [1.54, 1.807) is 6.07 Å². The Bertz CT molecular complexity index is 912. The van der Waals surface area contributed by atoms with Crippen LogP contribution in [0.2, 0.25) is 0 Å². The van der Waals surface area contributed by atoms with Gasteiger partial charge in [0.1, 0.15) is 5.69 Å². The van der Waals surface area contributed by atoms with E-state index < -0.39 is 7.81 Å². The van der Waals surface area contributed by atoms with Gasteiger partial charge in [-0.25, -0.2) is 0 Å². The Morgan fingerprint density at radius 1 is 0.833 bits per heavy atom. The fourth-order valence-corrected chi connectivity index (χ4v) is 1.88. The predicted octanol–water partition coefficient (Wildman–Crippen LogP) is 5.16. The van der Waals surface area contributed by atoms with Crippen molar-refractivity contribution in [2.24, 2.45) is 0 Å². The maximum absolute atomic E-state index is 11.9. The van der Waals surface area contributed by atoms with Crippen LogP contribution in [-0.2, 0) is 0 Å². The van der Waals surface area contributed by atoms with E-state index >= 15 is 0 Å². The third-order valence-electron chi connectivity index (χ3n) is 2.72. The number of pyridine rings is 1. The Morgan fingerprint density at radius 2 is 1.38 bits per heavy atom. The number of hydrogen-bond donors (Lipinski definition) is 1. The Labute approximate surface area is 131 Å². The van der Waals surface area contributed by atoms with Crippen molar-refractivity contribution in [2.45, 2.75) is 0 Å². The van der Waals surface area contributed by atoms with E-state index in [0.29, 0.717) is 5.52 Å². The molecule has 0 radical (unpaired) electrons. The number of aromatic nitrogens is 2. The van der Waals surface area contributed by atoms with Crippen LogP contribution in [0.15, 0.2) is 65.7 Å². The molecule has 0 saturated carbocycles. The van der Waals surface area contributed by atoms with Gasteiger partial charge in [-0.2, -0.15) is 4.40 Å². The van der Waals surface area contributed by atoms with Crippen LogP contribution >= 0.6 is 7.81 Å². The molecule has 0 atom stereocenters. The van der Waals surface area contributed by atoms with Gasteiger partial charge in [0.05, 0.1) is 0 Å². The fraction of sp³-hybridized carbons (Fsp3) is 0. The van der Waals surface area contributed by atoms with Crippen molar-refractivity contribution < 1.29 is 29.6 Å². The van der Waals surface area contributed by atoms with E-state index in [4.69, 9.17) is 0 Å². The first kappa shape index (κ1) is 17.9. The first-order chi connectivity index (χ1) is 10.8. The van der Waals surface area contributed by atoms with E-state index in [1.165, 1.54) is 0 Å². The quantitative estimate of drug-likeness (QED) is 0.359. The van der Waals surface area contributed by atoms with Crippen molar-refractivity contribution in [3.05, 3.63) is 71.3 Å². The Balaban J connectivity index is 0.000000256. The molecule has 0 aliphatic rings. The van der Waals surface area contributed by atoms with E-state index in [-0.39, 0.29) is 5.56 Å². The normalized spacial score (nSPS) is 14.2. The van der Waals surface area contributed by atoms with Gasteiger partial charge in [0.15, 0.2) is 12.4 Å². The van der Waals surface area contributed by atoms with Crippen molar-refractivity contribution in [3.63, 3.8) is 0 Å². The second-order valence-corrected chi connectivity index (χ2v) is 6.73. The summed E-state index contributed by atoms with van der Waals surface area (Å²) in [4.78, 5) is 14.8. The summed E-state index contributed by atoms with van der Waals surface area (Å²) < 4.78 is 61.0. The van der Waals surface area contributed by atoms with Crippen molar-refractivity contribution in [1.29, 1.82) is 0 Å². The molecule has 3 aromatic rings. The molecular weight excluding hydrogens is 357 g/mol. The molecule has 2 aromatic heterocycles. The average Bonchev–Trinajstić information content (AvgIpc) is 2.45. The molecule has 0 fully saturated rings. The van der Waals surface area contributed by atoms with Gasteiger partial charge in [-0.3, -0.25) is 4.79 Å². The monoisotopic (exact) mass is 368 g/mol. The van der Waals surface area contributed by atoms with Crippen LogP contribution in [0.3, 0.4) is 0 Å². The van der Waals surface area contributed by atoms with Crippen molar-refractivity contribution >= 4 is 13.3 Å². The van der Waals surface area contributed by atoms with Crippen LogP contribution in [0, 0.1) is 0 Å². The van der Waals surface area contributed by atoms with Gasteiger partial charge in [-0.15, -0.1) is 0 Å². The number of nitrogens with zero attached hydrogens (tertiary/aromatic N) is 1. The number of nitrogens with one attached hydrogen (secondary N) is 1. The number of hydrogen-bond acceptors (Lipinski definition) is 1. The minimum absolute atomic E-state index is 0.0769. The second-order valence-electron chi connectivity index (χ2n) is 4.81. The summed E-state index contributed by atoms with van der Waals surface area (Å²) >= 11 is 0. The van der Waals surface area contributed by atoms with Crippen LogP contribution in [0.25, 0.3) is 16.8 Å². The molecular formula is C14H11F6N2OP. The predicted molar refractivity (Wildman–Crippen MR) is 79.2 cm³/mol. The van der Waals surface area contributed by atoms with E-state index in [0.717, 1.165) is 11.3 Å². The standard InChI is InChI=1S/C14H10N2O.F6P/c17-14-13-8-4-5-9-16(13)10-12(15-14)11-6-2-1-3-7-11;1-7(2,3,4,5)6/h1-10H;/q;-1/p+1. The fourth-order valence-electron chi connectivity index (χ4n) is 1.88. The van der Waals surface area contributed by atoms with Gasteiger partial charge in [-0.05, 0) is 6.07 Å². The molecule has 0 saturated heterocycles. The molecule has 0 amide bonds. The third-order valence-corrected chi connectivity index (χ3v) is 2.72. The van der Waals surface area contributed by atoms with Gasteiger partial charge in [-0.1, -0.05) is 30.3 Å². The molecule has 3 rings (SSSR count). The SMILES string of the molecule is F[P-](F)(F)(F)(F)F.O=c1[nH]c(-c2ccccc2)c[n+]2ccccc12. The molecule has 3 nitrogen and oxygen atoms in total. The summed E-state index contributed by atoms with van der Waals surface area (Å²) in [6, 6.07) is 15.4. The summed E-state index contributed by atoms with van der Waals surface area (Å²) in [6.45, 7) is 0. The van der Waals surface area contributed by atoms with E-state index in [9.17, 15) is 30.0 Å². The second kappa shape index (κ2) is 5.31. The molecule has 0 spiro atoms. The van der Waals surface area contributed by atoms with Gasteiger partial charge in [0.2, 0.25) is 0 Å². The molecule has 24 heavy (non-hydrogen) atoms. The first-order valence-corrected chi connectivity index (χ1v) is 8.47. The van der Waals surface area contributed by atoms with E-state index in [2.05, 4.69) is 4.98 Å². The number of aromatic amines is 1.